The van der Waals surface area contributed by atoms with Crippen LogP contribution in [0.1, 0.15) is 0 Å². The average Bonchev–Trinajstić information content (AvgIpc) is 3.44. The highest BCUT2D eigenvalue weighted by molar-refractivity contribution is 7.25. The van der Waals surface area contributed by atoms with E-state index in [1.807, 2.05) is 11.3 Å². The third kappa shape index (κ3) is 2.36. The standard InChI is InChI=1S/C30H19BN2S/c1-2-10-20(11-3-1)32-26-15-7-8-16-27(26)33-28-18-24-22-13-5-9-17-29(22)34-30(24)19-23(28)21-12-4-6-14-25(21)31(32)33/h1-19H. The highest BCUT2D eigenvalue weighted by Gasteiger charge is 2.47. The van der Waals surface area contributed by atoms with Crippen LogP contribution in [0.15, 0.2) is 115 Å². The summed E-state index contributed by atoms with van der Waals surface area (Å²) < 4.78 is 2.69. The van der Waals surface area contributed by atoms with Crippen molar-refractivity contribution in [2.75, 3.05) is 9.62 Å². The van der Waals surface area contributed by atoms with Crippen LogP contribution in [-0.4, -0.2) is 6.98 Å². The fraction of sp³-hybridized carbons (Fsp3) is 0. The molecule has 0 radical (unpaired) electrons. The van der Waals surface area contributed by atoms with Crippen molar-refractivity contribution in [3.63, 3.8) is 0 Å². The van der Waals surface area contributed by atoms with E-state index in [9.17, 15) is 0 Å². The molecule has 4 heteroatoms. The number of anilines is 4. The highest BCUT2D eigenvalue weighted by Crippen LogP contribution is 2.52. The molecule has 0 fully saturated rings. The Bertz CT molecular complexity index is 1740. The molecule has 0 saturated heterocycles. The summed E-state index contributed by atoms with van der Waals surface area (Å²) in [6.45, 7) is 0.0749. The van der Waals surface area contributed by atoms with Crippen LogP contribution in [-0.2, 0) is 0 Å². The number of fused-ring (bicyclic) bond motifs is 11. The molecule has 0 aliphatic carbocycles. The van der Waals surface area contributed by atoms with Gasteiger partial charge in [0, 0.05) is 37.1 Å². The van der Waals surface area contributed by atoms with Gasteiger partial charge in [-0.3, -0.25) is 0 Å². The molecule has 0 N–H and O–H groups in total. The van der Waals surface area contributed by atoms with Crippen LogP contribution >= 0.6 is 11.3 Å². The van der Waals surface area contributed by atoms with Crippen LogP contribution < -0.4 is 15.1 Å². The van der Waals surface area contributed by atoms with Crippen molar-refractivity contribution in [2.24, 2.45) is 0 Å². The highest BCUT2D eigenvalue weighted by atomic mass is 32.1. The second-order valence-electron chi connectivity index (χ2n) is 8.99. The average molecular weight is 450 g/mol. The van der Waals surface area contributed by atoms with Gasteiger partial charge in [-0.2, -0.15) is 0 Å². The van der Waals surface area contributed by atoms with Gasteiger partial charge < -0.3 is 9.62 Å². The molecule has 8 rings (SSSR count). The number of benzene rings is 5. The first-order chi connectivity index (χ1) is 16.9. The summed E-state index contributed by atoms with van der Waals surface area (Å²) in [6, 6.07) is 42.1. The summed E-state index contributed by atoms with van der Waals surface area (Å²) in [5.41, 5.74) is 8.98. The quantitative estimate of drug-likeness (QED) is 0.237. The molecule has 2 aliphatic rings. The first kappa shape index (κ1) is 18.4. The normalized spacial score (nSPS) is 13.7. The molecule has 34 heavy (non-hydrogen) atoms. The molecule has 2 aliphatic heterocycles. The summed E-state index contributed by atoms with van der Waals surface area (Å²) in [5, 5.41) is 2.68. The second-order valence-corrected chi connectivity index (χ2v) is 10.1. The molecule has 1 aromatic heterocycles. The third-order valence-corrected chi connectivity index (χ3v) is 8.34. The second kappa shape index (κ2) is 6.75. The largest absolute Gasteiger partial charge is 0.421 e. The van der Waals surface area contributed by atoms with Gasteiger partial charge in [-0.05, 0) is 53.5 Å². The number of hydrogen-bond acceptors (Lipinski definition) is 3. The summed E-state index contributed by atoms with van der Waals surface area (Å²) >= 11 is 1.89. The predicted octanol–water partition coefficient (Wildman–Crippen LogP) is 7.72. The van der Waals surface area contributed by atoms with Crippen molar-refractivity contribution in [3.05, 3.63) is 115 Å². The smallest absolute Gasteiger partial charge is 0.360 e. The summed E-state index contributed by atoms with van der Waals surface area (Å²) in [7, 11) is 0. The van der Waals surface area contributed by atoms with Crippen molar-refractivity contribution in [3.8, 4) is 11.1 Å². The fourth-order valence-corrected chi connectivity index (χ4v) is 6.93. The van der Waals surface area contributed by atoms with Gasteiger partial charge in [0.2, 0.25) is 0 Å². The first-order valence-corrected chi connectivity index (χ1v) is 12.5. The molecule has 0 saturated carbocycles. The van der Waals surface area contributed by atoms with Crippen LogP contribution in [0.25, 0.3) is 31.3 Å². The van der Waals surface area contributed by atoms with Crippen LogP contribution in [0, 0.1) is 0 Å². The molecule has 3 heterocycles. The van der Waals surface area contributed by atoms with Crippen molar-refractivity contribution < 1.29 is 0 Å². The molecule has 6 aromatic rings. The molecule has 0 bridgehead atoms. The van der Waals surface area contributed by atoms with Gasteiger partial charge in [0.15, 0.2) is 0 Å². The SMILES string of the molecule is c1ccc(N2B3c4ccccc4-c4cc5sc6ccccc6c5cc4N3c3ccccc32)cc1. The maximum atomic E-state index is 2.55. The lowest BCUT2D eigenvalue weighted by molar-refractivity contribution is 1.38. The summed E-state index contributed by atoms with van der Waals surface area (Å²) in [6.07, 6.45) is 0. The molecule has 2 nitrogen and oxygen atoms in total. The maximum absolute atomic E-state index is 2.55. The van der Waals surface area contributed by atoms with Crippen LogP contribution in [0.4, 0.5) is 22.7 Å². The number of para-hydroxylation sites is 3. The van der Waals surface area contributed by atoms with Crippen molar-refractivity contribution >= 4 is 66.7 Å². The Morgan fingerprint density at radius 2 is 1.21 bits per heavy atom. The zero-order chi connectivity index (χ0) is 22.2. The van der Waals surface area contributed by atoms with Gasteiger partial charge in [0.05, 0.1) is 11.4 Å². The van der Waals surface area contributed by atoms with E-state index >= 15 is 0 Å². The Kier molecular flexibility index (Phi) is 3.66. The van der Waals surface area contributed by atoms with Crippen LogP contribution in [0.3, 0.4) is 0 Å². The molecular formula is C30H19BN2S. The zero-order valence-corrected chi connectivity index (χ0v) is 19.2. The van der Waals surface area contributed by atoms with E-state index in [2.05, 4.69) is 125 Å². The van der Waals surface area contributed by atoms with Gasteiger partial charge in [-0.25, -0.2) is 0 Å². The van der Waals surface area contributed by atoms with Crippen LogP contribution in [0.2, 0.25) is 0 Å². The van der Waals surface area contributed by atoms with Crippen LogP contribution in [0.5, 0.6) is 0 Å². The van der Waals surface area contributed by atoms with E-state index in [0.717, 1.165) is 0 Å². The lowest BCUT2D eigenvalue weighted by atomic mass is 9.59. The van der Waals surface area contributed by atoms with Crippen molar-refractivity contribution in [1.29, 1.82) is 0 Å². The van der Waals surface area contributed by atoms with Crippen molar-refractivity contribution in [2.45, 2.75) is 0 Å². The van der Waals surface area contributed by atoms with Gasteiger partial charge >= 0.3 is 6.98 Å². The van der Waals surface area contributed by atoms with Gasteiger partial charge in [-0.15, -0.1) is 11.3 Å². The Morgan fingerprint density at radius 3 is 2.09 bits per heavy atom. The molecule has 0 atom stereocenters. The lowest BCUT2D eigenvalue weighted by Crippen LogP contribution is -2.55. The minimum atomic E-state index is 0.0749. The fourth-order valence-electron chi connectivity index (χ4n) is 5.80. The summed E-state index contributed by atoms with van der Waals surface area (Å²) in [4.78, 5) is 5.04. The van der Waals surface area contributed by atoms with Gasteiger partial charge in [-0.1, -0.05) is 72.8 Å². The molecular weight excluding hydrogens is 431 g/mol. The predicted molar refractivity (Wildman–Crippen MR) is 147 cm³/mol. The Labute approximate surface area is 202 Å². The van der Waals surface area contributed by atoms with E-state index in [0.29, 0.717) is 0 Å². The number of hydrogen-bond donors (Lipinski definition) is 0. The first-order valence-electron chi connectivity index (χ1n) is 11.7. The molecule has 0 spiro atoms. The Morgan fingerprint density at radius 1 is 0.500 bits per heavy atom. The number of thiophene rings is 1. The van der Waals surface area contributed by atoms with E-state index in [-0.39, 0.29) is 6.98 Å². The zero-order valence-electron chi connectivity index (χ0n) is 18.3. The van der Waals surface area contributed by atoms with E-state index in [1.165, 1.54) is 59.5 Å². The topological polar surface area (TPSA) is 6.48 Å². The van der Waals surface area contributed by atoms with Crippen molar-refractivity contribution in [1.82, 2.24) is 0 Å². The maximum Gasteiger partial charge on any atom is 0.421 e. The Hall–Kier alpha value is -4.02. The Balaban J connectivity index is 1.49. The van der Waals surface area contributed by atoms with E-state index in [1.54, 1.807) is 0 Å². The van der Waals surface area contributed by atoms with Gasteiger partial charge in [0.25, 0.3) is 0 Å². The van der Waals surface area contributed by atoms with Gasteiger partial charge in [0.1, 0.15) is 0 Å². The lowest BCUT2D eigenvalue weighted by Gasteiger charge is -2.36. The van der Waals surface area contributed by atoms with E-state index < -0.39 is 0 Å². The minimum Gasteiger partial charge on any atom is -0.360 e. The summed E-state index contributed by atoms with van der Waals surface area (Å²) in [5.74, 6) is 0. The molecule has 0 unspecified atom stereocenters. The molecule has 158 valence electrons. The number of nitrogens with zero attached hydrogens (tertiary/aromatic N) is 2. The molecule has 5 aromatic carbocycles. The molecule has 0 amide bonds. The minimum absolute atomic E-state index is 0.0749. The van der Waals surface area contributed by atoms with E-state index in [4.69, 9.17) is 0 Å². The monoisotopic (exact) mass is 450 g/mol. The third-order valence-electron chi connectivity index (χ3n) is 7.21. The number of rotatable bonds is 1.